The van der Waals surface area contributed by atoms with Gasteiger partial charge < -0.3 is 9.80 Å². The van der Waals surface area contributed by atoms with Crippen molar-refractivity contribution in [2.24, 2.45) is 11.3 Å². The molecule has 24 heavy (non-hydrogen) atoms. The summed E-state index contributed by atoms with van der Waals surface area (Å²) in [6.45, 7) is 4.36. The van der Waals surface area contributed by atoms with E-state index < -0.39 is 9.84 Å². The maximum Gasteiger partial charge on any atom is 0.276 e. The van der Waals surface area contributed by atoms with Gasteiger partial charge in [-0.2, -0.15) is 15.4 Å². The summed E-state index contributed by atoms with van der Waals surface area (Å²) in [5.41, 5.74) is 0.537. The summed E-state index contributed by atoms with van der Waals surface area (Å²) in [6, 6.07) is 0. The highest BCUT2D eigenvalue weighted by atomic mass is 32.2. The van der Waals surface area contributed by atoms with Crippen molar-refractivity contribution >= 4 is 15.7 Å². The van der Waals surface area contributed by atoms with Gasteiger partial charge in [-0.3, -0.25) is 4.79 Å². The number of likely N-dealkylation sites (tertiary alicyclic amines) is 2. The molecule has 1 N–H and O–H groups in total. The van der Waals surface area contributed by atoms with Crippen LogP contribution in [-0.2, 0) is 9.84 Å². The fraction of sp³-hybridized carbons (Fsp3) is 0.800. The average Bonchev–Trinajstić information content (AvgIpc) is 3.29. The second-order valence-electron chi connectivity index (χ2n) is 7.59. The fourth-order valence-corrected chi connectivity index (χ4v) is 6.32. The molecule has 2 unspecified atom stereocenters. The molecule has 0 saturated carbocycles. The molecule has 8 nitrogen and oxygen atoms in total. The molecular weight excluding hydrogens is 330 g/mol. The number of aromatic amines is 1. The van der Waals surface area contributed by atoms with Crippen molar-refractivity contribution in [3.05, 3.63) is 11.9 Å². The molecule has 0 aromatic carbocycles. The van der Waals surface area contributed by atoms with E-state index in [1.165, 1.54) is 6.20 Å². The number of carbonyl (C=O) groups is 1. The van der Waals surface area contributed by atoms with Crippen LogP contribution in [0, 0.1) is 11.3 Å². The molecule has 1 amide bonds. The Bertz CT molecular complexity index is 719. The lowest BCUT2D eigenvalue weighted by Gasteiger charge is -2.25. The summed E-state index contributed by atoms with van der Waals surface area (Å²) in [7, 11) is -2.81. The Morgan fingerprint density at radius 3 is 2.88 bits per heavy atom. The first kappa shape index (κ1) is 16.0. The number of sulfone groups is 1. The van der Waals surface area contributed by atoms with Crippen LogP contribution in [0.5, 0.6) is 0 Å². The molecule has 0 radical (unpaired) electrons. The largest absolute Gasteiger partial charge is 0.337 e. The van der Waals surface area contributed by atoms with Crippen molar-refractivity contribution in [3.63, 3.8) is 0 Å². The van der Waals surface area contributed by atoms with E-state index >= 15 is 0 Å². The third-order valence-corrected chi connectivity index (χ3v) is 7.56. The minimum absolute atomic E-state index is 0.0547. The lowest BCUT2D eigenvalue weighted by molar-refractivity contribution is 0.0767. The SMILES string of the molecule is O=C(c1cn[nH]n1)N1CCC2(CCN(CC3CCS(=O)(=O)C3)C2)C1. The molecule has 3 aliphatic heterocycles. The summed E-state index contributed by atoms with van der Waals surface area (Å²) in [4.78, 5) is 16.7. The van der Waals surface area contributed by atoms with Gasteiger partial charge in [-0.05, 0) is 31.7 Å². The van der Waals surface area contributed by atoms with Gasteiger partial charge in [-0.15, -0.1) is 0 Å². The Balaban J connectivity index is 1.34. The molecule has 0 aliphatic carbocycles. The van der Waals surface area contributed by atoms with E-state index in [0.717, 1.165) is 52.0 Å². The van der Waals surface area contributed by atoms with Crippen LogP contribution in [-0.4, -0.2) is 83.8 Å². The van der Waals surface area contributed by atoms with Crippen LogP contribution in [0.15, 0.2) is 6.20 Å². The van der Waals surface area contributed by atoms with Gasteiger partial charge in [0, 0.05) is 31.6 Å². The Hall–Kier alpha value is -1.48. The van der Waals surface area contributed by atoms with Gasteiger partial charge in [0.25, 0.3) is 5.91 Å². The number of carbonyl (C=O) groups excluding carboxylic acids is 1. The molecule has 3 fully saturated rings. The first-order valence-electron chi connectivity index (χ1n) is 8.53. The Labute approximate surface area is 141 Å². The number of rotatable bonds is 3. The number of aromatic nitrogens is 3. The van der Waals surface area contributed by atoms with Crippen molar-refractivity contribution in [1.29, 1.82) is 0 Å². The molecule has 1 spiro atoms. The fourth-order valence-electron chi connectivity index (χ4n) is 4.47. The van der Waals surface area contributed by atoms with Crippen molar-refractivity contribution in [2.75, 3.05) is 44.2 Å². The van der Waals surface area contributed by atoms with Gasteiger partial charge in [0.15, 0.2) is 15.5 Å². The summed E-state index contributed by atoms with van der Waals surface area (Å²) in [6.07, 6.45) is 4.35. The molecular formula is C15H23N5O3S. The lowest BCUT2D eigenvalue weighted by Crippen LogP contribution is -2.35. The molecule has 2 atom stereocenters. The van der Waals surface area contributed by atoms with Crippen molar-refractivity contribution < 1.29 is 13.2 Å². The predicted molar refractivity (Wildman–Crippen MR) is 87.2 cm³/mol. The molecule has 9 heteroatoms. The van der Waals surface area contributed by atoms with Crippen molar-refractivity contribution in [1.82, 2.24) is 25.2 Å². The van der Waals surface area contributed by atoms with Gasteiger partial charge in [-0.25, -0.2) is 8.42 Å². The van der Waals surface area contributed by atoms with E-state index in [1.54, 1.807) is 0 Å². The van der Waals surface area contributed by atoms with Crippen LogP contribution < -0.4 is 0 Å². The molecule has 3 aliphatic rings. The Morgan fingerprint density at radius 1 is 1.33 bits per heavy atom. The zero-order valence-electron chi connectivity index (χ0n) is 13.6. The van der Waals surface area contributed by atoms with Gasteiger partial charge in [0.05, 0.1) is 17.7 Å². The Morgan fingerprint density at radius 2 is 2.17 bits per heavy atom. The maximum atomic E-state index is 12.4. The second-order valence-corrected chi connectivity index (χ2v) is 9.81. The smallest absolute Gasteiger partial charge is 0.276 e. The molecule has 4 rings (SSSR count). The van der Waals surface area contributed by atoms with Gasteiger partial charge >= 0.3 is 0 Å². The summed E-state index contributed by atoms with van der Waals surface area (Å²) >= 11 is 0. The number of nitrogens with one attached hydrogen (secondary N) is 1. The van der Waals surface area contributed by atoms with Gasteiger partial charge in [-0.1, -0.05) is 0 Å². The number of H-pyrrole nitrogens is 1. The third-order valence-electron chi connectivity index (χ3n) is 5.72. The molecule has 1 aromatic heterocycles. The number of amides is 1. The van der Waals surface area contributed by atoms with Gasteiger partial charge in [0.2, 0.25) is 0 Å². The van der Waals surface area contributed by atoms with Crippen LogP contribution in [0.25, 0.3) is 0 Å². The maximum absolute atomic E-state index is 12.4. The van der Waals surface area contributed by atoms with Crippen LogP contribution in [0.2, 0.25) is 0 Å². The summed E-state index contributed by atoms with van der Waals surface area (Å²) in [5, 5.41) is 10.1. The first-order chi connectivity index (χ1) is 11.4. The average molecular weight is 353 g/mol. The normalized spacial score (nSPS) is 32.8. The van der Waals surface area contributed by atoms with Crippen LogP contribution in [0.3, 0.4) is 0 Å². The lowest BCUT2D eigenvalue weighted by atomic mass is 9.86. The van der Waals surface area contributed by atoms with E-state index in [1.807, 2.05) is 4.90 Å². The number of hydrogen-bond acceptors (Lipinski definition) is 6. The molecule has 132 valence electrons. The standard InChI is InChI=1S/C15H23N5O3S/c21-14(13-7-16-18-17-13)20-5-3-15(11-20)2-4-19(10-15)8-12-1-6-24(22,23)9-12/h7,12H,1-6,8-11H2,(H,16,17,18). The Kier molecular flexibility index (Phi) is 3.87. The van der Waals surface area contributed by atoms with Crippen molar-refractivity contribution in [2.45, 2.75) is 19.3 Å². The zero-order valence-corrected chi connectivity index (χ0v) is 14.5. The molecule has 4 heterocycles. The summed E-state index contributed by atoms with van der Waals surface area (Å²) in [5.74, 6) is 0.907. The number of nitrogens with zero attached hydrogens (tertiary/aromatic N) is 4. The highest BCUT2D eigenvalue weighted by Crippen LogP contribution is 2.40. The molecule has 3 saturated heterocycles. The number of hydrogen-bond donors (Lipinski definition) is 1. The van der Waals surface area contributed by atoms with Crippen molar-refractivity contribution in [3.8, 4) is 0 Å². The zero-order chi connectivity index (χ0) is 16.8. The summed E-state index contributed by atoms with van der Waals surface area (Å²) < 4.78 is 23.2. The highest BCUT2D eigenvalue weighted by molar-refractivity contribution is 7.91. The van der Waals surface area contributed by atoms with E-state index in [0.29, 0.717) is 17.2 Å². The molecule has 1 aromatic rings. The third kappa shape index (κ3) is 3.06. The minimum atomic E-state index is -2.81. The first-order valence-corrected chi connectivity index (χ1v) is 10.3. The predicted octanol–water partition coefficient (Wildman–Crippen LogP) is -0.223. The van der Waals surface area contributed by atoms with E-state index in [-0.39, 0.29) is 17.2 Å². The van der Waals surface area contributed by atoms with E-state index in [2.05, 4.69) is 20.3 Å². The molecule has 0 bridgehead atoms. The topological polar surface area (TPSA) is 99.3 Å². The van der Waals surface area contributed by atoms with Gasteiger partial charge in [0.1, 0.15) is 0 Å². The van der Waals surface area contributed by atoms with Crippen LogP contribution in [0.4, 0.5) is 0 Å². The monoisotopic (exact) mass is 353 g/mol. The minimum Gasteiger partial charge on any atom is -0.337 e. The van der Waals surface area contributed by atoms with Crippen LogP contribution >= 0.6 is 0 Å². The van der Waals surface area contributed by atoms with E-state index in [9.17, 15) is 13.2 Å². The quantitative estimate of drug-likeness (QED) is 0.806. The second kappa shape index (κ2) is 5.80. The van der Waals surface area contributed by atoms with Crippen LogP contribution in [0.1, 0.15) is 29.8 Å². The van der Waals surface area contributed by atoms with E-state index in [4.69, 9.17) is 0 Å². The highest BCUT2D eigenvalue weighted by Gasteiger charge is 2.45.